The van der Waals surface area contributed by atoms with Gasteiger partial charge in [-0.15, -0.1) is 0 Å². The summed E-state index contributed by atoms with van der Waals surface area (Å²) in [4.78, 5) is 43.9. The molecule has 0 radical (unpaired) electrons. The average Bonchev–Trinajstić information content (AvgIpc) is 2.22. The number of carboxylic acids is 4. The van der Waals surface area contributed by atoms with Crippen LogP contribution >= 0.6 is 0 Å². The van der Waals surface area contributed by atoms with E-state index in [0.29, 0.717) is 0 Å². The number of hydrogen-bond donors (Lipinski definition) is 3. The molecule has 0 atom stereocenters. The van der Waals surface area contributed by atoms with Gasteiger partial charge in [-0.2, -0.15) is 0 Å². The molecule has 0 rings (SSSR count). The molecule has 0 saturated carbocycles. The van der Waals surface area contributed by atoms with Crippen molar-refractivity contribution in [1.29, 1.82) is 0 Å². The summed E-state index contributed by atoms with van der Waals surface area (Å²) in [6.45, 7) is -2.75. The third kappa shape index (κ3) is 20.2. The molecule has 0 bridgehead atoms. The summed E-state index contributed by atoms with van der Waals surface area (Å²) in [5.74, 6) is -5.52. The topological polar surface area (TPSA) is 259 Å². The maximum atomic E-state index is 10.5. The Morgan fingerprint density at radius 1 is 0.708 bits per heavy atom. The van der Waals surface area contributed by atoms with Crippen molar-refractivity contribution in [1.82, 2.24) is 16.0 Å². The van der Waals surface area contributed by atoms with Crippen LogP contribution in [0.5, 0.6) is 0 Å². The molecule has 0 aliphatic rings. The first-order valence-corrected chi connectivity index (χ1v) is 5.48. The Kier molecular flexibility index (Phi) is 24.7. The van der Waals surface area contributed by atoms with Gasteiger partial charge in [-0.1, -0.05) is 0 Å². The molecule has 0 aromatic rings. The number of carbonyl (C=O) groups is 4. The number of aliphatic carboxylic acids is 4. The van der Waals surface area contributed by atoms with Gasteiger partial charge in [0.1, 0.15) is 0 Å². The van der Waals surface area contributed by atoms with Gasteiger partial charge in [-0.25, -0.2) is 0 Å². The van der Waals surface area contributed by atoms with Crippen LogP contribution in [0.15, 0.2) is 0 Å². The second-order valence-electron chi connectivity index (χ2n) is 3.95. The fourth-order valence-corrected chi connectivity index (χ4v) is 1.46. The quantitative estimate of drug-likeness (QED) is 0.275. The molecule has 144 valence electrons. The van der Waals surface area contributed by atoms with Crippen LogP contribution in [0.1, 0.15) is 0 Å². The Morgan fingerprint density at radius 3 is 1.12 bits per heavy atom. The van der Waals surface area contributed by atoms with E-state index in [1.54, 1.807) is 0 Å². The molecule has 14 heteroatoms. The Labute approximate surface area is 147 Å². The van der Waals surface area contributed by atoms with Crippen LogP contribution in [0, 0.1) is 0 Å². The van der Waals surface area contributed by atoms with Crippen LogP contribution < -0.4 is 16.4 Å². The van der Waals surface area contributed by atoms with Gasteiger partial charge in [0.15, 0.2) is 0 Å². The van der Waals surface area contributed by atoms with E-state index in [9.17, 15) is 29.4 Å². The minimum Gasteiger partial charge on any atom is -0.549 e. The fraction of sp³-hybridized carbons (Fsp3) is 0.600. The zero-order valence-electron chi connectivity index (χ0n) is 12.5. The van der Waals surface area contributed by atoms with E-state index in [-0.39, 0.29) is 47.3 Å². The number of carbonyl (C=O) groups excluding carboxylic acids is 2. The maximum absolute atomic E-state index is 10.5. The first-order chi connectivity index (χ1) is 9.20. The van der Waals surface area contributed by atoms with E-state index in [2.05, 4.69) is 0 Å². The largest absolute Gasteiger partial charge is 2.00 e. The first kappa shape index (κ1) is 33.7. The summed E-state index contributed by atoms with van der Waals surface area (Å²) in [7, 11) is 0. The minimum absolute atomic E-state index is 0. The summed E-state index contributed by atoms with van der Waals surface area (Å²) in [6.07, 6.45) is 0. The monoisotopic (exact) mass is 399 g/mol. The molecule has 0 heterocycles. The number of hydrogen-bond acceptors (Lipinski definition) is 9. The predicted molar refractivity (Wildman–Crippen MR) is 70.4 cm³/mol. The van der Waals surface area contributed by atoms with Crippen molar-refractivity contribution in [3.8, 4) is 0 Å². The minimum atomic E-state index is -1.49. The molecule has 13 nitrogen and oxygen atoms in total. The fourth-order valence-electron chi connectivity index (χ4n) is 1.46. The summed E-state index contributed by atoms with van der Waals surface area (Å²) in [6, 6.07) is 0. The zero-order chi connectivity index (χ0) is 15.7. The number of rotatable bonds is 11. The van der Waals surface area contributed by atoms with E-state index in [1.165, 1.54) is 0 Å². The smallest absolute Gasteiger partial charge is 0.549 e. The van der Waals surface area contributed by atoms with E-state index in [1.807, 2.05) is 0 Å². The molecular formula is C10H21FeN3O10. The molecule has 0 spiro atoms. The molecule has 24 heavy (non-hydrogen) atoms. The zero-order valence-corrected chi connectivity index (χ0v) is 13.6. The van der Waals surface area contributed by atoms with Crippen LogP contribution in [0.4, 0.5) is 0 Å². The predicted octanol–water partition coefficient (Wildman–Crippen LogP) is -6.23. The summed E-state index contributed by atoms with van der Waals surface area (Å²) >= 11 is 0. The summed E-state index contributed by atoms with van der Waals surface area (Å²) < 4.78 is 0. The standard InChI is InChI=1S/C10H16N2O8.Fe.H3N.2H2O/c13-7(14)3-11(4-8(15)16)1-2-12(5-9(17)18)6-10(19)20;;;;/h1-6H2,(H,13,14)(H,15,16)(H,17,18)(H,19,20);;1H3;2*1H2/q;+2;;;/p-2. The van der Waals surface area contributed by atoms with Crippen LogP contribution in [0.3, 0.4) is 0 Å². The first-order valence-electron chi connectivity index (χ1n) is 5.48. The van der Waals surface area contributed by atoms with Gasteiger partial charge in [0, 0.05) is 26.2 Å². The molecule has 9 N–H and O–H groups in total. The van der Waals surface area contributed by atoms with Crippen molar-refractivity contribution in [3.63, 3.8) is 0 Å². The summed E-state index contributed by atoms with van der Waals surface area (Å²) in [5, 5.41) is 38.0. The average molecular weight is 399 g/mol. The molecule has 0 saturated heterocycles. The van der Waals surface area contributed by atoms with Crippen molar-refractivity contribution in [2.24, 2.45) is 0 Å². The molecule has 0 aromatic heterocycles. The molecule has 0 unspecified atom stereocenters. The Hall–Kier alpha value is -1.80. The van der Waals surface area contributed by atoms with E-state index < -0.39 is 50.1 Å². The van der Waals surface area contributed by atoms with Crippen molar-refractivity contribution >= 4 is 23.9 Å². The molecule has 0 aliphatic heterocycles. The maximum Gasteiger partial charge on any atom is 2.00 e. The van der Waals surface area contributed by atoms with Gasteiger partial charge in [-0.05, 0) is 0 Å². The van der Waals surface area contributed by atoms with Gasteiger partial charge in [-0.3, -0.25) is 19.4 Å². The SMILES string of the molecule is N.O.O.O=C([O-])CN(CCN(CC(=O)[O-])CC(=O)O)CC(=O)O.[Fe+2]. The van der Waals surface area contributed by atoms with Crippen LogP contribution in [0.25, 0.3) is 0 Å². The van der Waals surface area contributed by atoms with Crippen molar-refractivity contribution < 1.29 is 67.6 Å². The Bertz CT molecular complexity index is 327. The summed E-state index contributed by atoms with van der Waals surface area (Å²) in [5.41, 5.74) is 0. The molecular weight excluding hydrogens is 378 g/mol. The van der Waals surface area contributed by atoms with Gasteiger partial charge in [0.2, 0.25) is 0 Å². The van der Waals surface area contributed by atoms with E-state index in [4.69, 9.17) is 10.2 Å². The van der Waals surface area contributed by atoms with Crippen LogP contribution in [0.2, 0.25) is 0 Å². The number of carboxylic acid groups (broad SMARTS) is 4. The Morgan fingerprint density at radius 2 is 0.958 bits per heavy atom. The van der Waals surface area contributed by atoms with Crippen LogP contribution in [-0.2, 0) is 36.2 Å². The Balaban J connectivity index is -0.000000301. The second kappa shape index (κ2) is 17.6. The van der Waals surface area contributed by atoms with Crippen molar-refractivity contribution in [2.45, 2.75) is 0 Å². The van der Waals surface area contributed by atoms with Gasteiger partial charge in [0.05, 0.1) is 25.0 Å². The van der Waals surface area contributed by atoms with Crippen LogP contribution in [-0.4, -0.2) is 94.1 Å². The van der Waals surface area contributed by atoms with Gasteiger partial charge in [0.25, 0.3) is 0 Å². The van der Waals surface area contributed by atoms with Gasteiger partial charge >= 0.3 is 29.0 Å². The number of nitrogens with zero attached hydrogens (tertiary/aromatic N) is 2. The molecule has 0 aliphatic carbocycles. The van der Waals surface area contributed by atoms with E-state index in [0.717, 1.165) is 9.80 Å². The third-order valence-electron chi connectivity index (χ3n) is 2.16. The molecule has 0 amide bonds. The molecule has 0 aromatic carbocycles. The van der Waals surface area contributed by atoms with E-state index >= 15 is 0 Å². The van der Waals surface area contributed by atoms with Crippen molar-refractivity contribution in [2.75, 3.05) is 39.3 Å². The second-order valence-corrected chi connectivity index (χ2v) is 3.95. The van der Waals surface area contributed by atoms with Crippen molar-refractivity contribution in [3.05, 3.63) is 0 Å². The molecule has 0 fully saturated rings. The third-order valence-corrected chi connectivity index (χ3v) is 2.16. The normalized spacial score (nSPS) is 8.92. The van der Waals surface area contributed by atoms with Gasteiger partial charge < -0.3 is 47.1 Å².